The van der Waals surface area contributed by atoms with Gasteiger partial charge in [0.05, 0.1) is 13.4 Å². The number of benzene rings is 1. The van der Waals surface area contributed by atoms with Crippen LogP contribution in [0.4, 0.5) is 0 Å². The van der Waals surface area contributed by atoms with Crippen molar-refractivity contribution in [1.82, 2.24) is 19.2 Å². The van der Waals surface area contributed by atoms with Crippen LogP contribution in [0.3, 0.4) is 0 Å². The molecule has 0 amide bonds. The number of ether oxygens (including phenoxy) is 1. The molecule has 2 aromatic rings. The van der Waals surface area contributed by atoms with Gasteiger partial charge >= 0.3 is 0 Å². The summed E-state index contributed by atoms with van der Waals surface area (Å²) < 4.78 is 34.6. The van der Waals surface area contributed by atoms with Crippen LogP contribution in [0.1, 0.15) is 24.4 Å². The normalized spacial score (nSPS) is 16.7. The summed E-state index contributed by atoms with van der Waals surface area (Å²) in [5, 5.41) is -0.0451. The molecule has 1 atom stereocenters. The number of rotatable bonds is 7. The van der Waals surface area contributed by atoms with Gasteiger partial charge in [0.1, 0.15) is 10.9 Å². The third kappa shape index (κ3) is 4.03. The summed E-state index contributed by atoms with van der Waals surface area (Å²) in [5.74, 6) is 0.773. The maximum atomic E-state index is 12.6. The largest absolute Gasteiger partial charge is 0.497 e. The Kier molecular flexibility index (Phi) is 5.86. The molecule has 1 aromatic heterocycles. The van der Waals surface area contributed by atoms with Crippen molar-refractivity contribution in [3.63, 3.8) is 0 Å². The molecule has 0 spiro atoms. The number of methoxy groups -OCH3 is 1. The molecule has 1 aliphatic heterocycles. The van der Waals surface area contributed by atoms with Gasteiger partial charge in [-0.1, -0.05) is 23.7 Å². The summed E-state index contributed by atoms with van der Waals surface area (Å²) in [6.45, 7) is 2.15. The van der Waals surface area contributed by atoms with E-state index in [-0.39, 0.29) is 22.8 Å². The van der Waals surface area contributed by atoms with Crippen LogP contribution < -0.4 is 9.46 Å². The van der Waals surface area contributed by atoms with E-state index >= 15 is 0 Å². The number of nitrogens with one attached hydrogen (secondary N) is 1. The Morgan fingerprint density at radius 3 is 2.46 bits per heavy atom. The smallest absolute Gasteiger partial charge is 0.261 e. The van der Waals surface area contributed by atoms with Crippen molar-refractivity contribution < 1.29 is 13.2 Å². The number of aryl methyl sites for hydroxylation is 1. The molecule has 9 heteroatoms. The van der Waals surface area contributed by atoms with E-state index in [1.807, 2.05) is 24.3 Å². The summed E-state index contributed by atoms with van der Waals surface area (Å²) in [6, 6.07) is 7.68. The molecule has 3 rings (SSSR count). The Balaban J connectivity index is 1.80. The number of hydrogen-bond donors (Lipinski definition) is 1. The van der Waals surface area contributed by atoms with Gasteiger partial charge in [0.15, 0.2) is 0 Å². The first-order valence-electron chi connectivity index (χ1n) is 8.47. The lowest BCUT2D eigenvalue weighted by atomic mass is 10.1. The zero-order valence-corrected chi connectivity index (χ0v) is 16.4. The van der Waals surface area contributed by atoms with Gasteiger partial charge in [-0.15, -0.1) is 0 Å². The van der Waals surface area contributed by atoms with E-state index in [4.69, 9.17) is 16.3 Å². The molecule has 0 saturated carbocycles. The molecule has 1 saturated heterocycles. The molecular weight excluding hydrogens is 376 g/mol. The number of likely N-dealkylation sites (tertiary alicyclic amines) is 1. The van der Waals surface area contributed by atoms with Crippen molar-refractivity contribution in [2.24, 2.45) is 7.05 Å². The fraction of sp³-hybridized carbons (Fsp3) is 0.471. The molecule has 142 valence electrons. The van der Waals surface area contributed by atoms with Gasteiger partial charge in [-0.3, -0.25) is 4.90 Å². The number of sulfonamides is 1. The molecule has 0 radical (unpaired) electrons. The monoisotopic (exact) mass is 398 g/mol. The van der Waals surface area contributed by atoms with Crippen molar-refractivity contribution in [2.75, 3.05) is 26.7 Å². The van der Waals surface area contributed by atoms with Crippen LogP contribution in [0.5, 0.6) is 5.75 Å². The molecule has 26 heavy (non-hydrogen) atoms. The third-order valence-corrected chi connectivity index (χ3v) is 6.55. The highest BCUT2D eigenvalue weighted by atomic mass is 35.5. The molecule has 0 aliphatic carbocycles. The Morgan fingerprint density at radius 2 is 1.92 bits per heavy atom. The van der Waals surface area contributed by atoms with E-state index in [9.17, 15) is 8.42 Å². The van der Waals surface area contributed by atoms with Gasteiger partial charge in [0.2, 0.25) is 5.03 Å². The topological polar surface area (TPSA) is 76.5 Å². The van der Waals surface area contributed by atoms with Crippen LogP contribution in [0.2, 0.25) is 5.15 Å². The van der Waals surface area contributed by atoms with E-state index in [2.05, 4.69) is 14.6 Å². The predicted octanol–water partition coefficient (Wildman–Crippen LogP) is 2.20. The standard InChI is InChI=1S/C17H23ClN4O3S/c1-21-12-19-17(16(21)18)26(23,24)20-11-15(22-9-3-4-10-22)13-5-7-14(25-2)8-6-13/h5-8,12,15,20H,3-4,9-11H2,1-2H3/t15-/m0/s1. The lowest BCUT2D eigenvalue weighted by molar-refractivity contribution is 0.246. The summed E-state index contributed by atoms with van der Waals surface area (Å²) >= 11 is 6.04. The lowest BCUT2D eigenvalue weighted by Crippen LogP contribution is -2.37. The second-order valence-electron chi connectivity index (χ2n) is 6.34. The van der Waals surface area contributed by atoms with Crippen LogP contribution in [0, 0.1) is 0 Å². The van der Waals surface area contributed by atoms with Crippen molar-refractivity contribution in [3.8, 4) is 5.75 Å². The number of halogens is 1. The summed E-state index contributed by atoms with van der Waals surface area (Å²) in [7, 11) is -0.507. The summed E-state index contributed by atoms with van der Waals surface area (Å²) in [5.41, 5.74) is 1.04. The van der Waals surface area contributed by atoms with E-state index < -0.39 is 10.0 Å². The molecule has 2 heterocycles. The second-order valence-corrected chi connectivity index (χ2v) is 8.38. The van der Waals surface area contributed by atoms with Crippen molar-refractivity contribution in [2.45, 2.75) is 23.9 Å². The molecular formula is C17H23ClN4O3S. The second kappa shape index (κ2) is 7.96. The minimum atomic E-state index is -3.78. The van der Waals surface area contributed by atoms with Crippen LogP contribution in [0.25, 0.3) is 0 Å². The number of hydrogen-bond acceptors (Lipinski definition) is 5. The summed E-state index contributed by atoms with van der Waals surface area (Å²) in [6.07, 6.45) is 3.62. The first kappa shape index (κ1) is 19.2. The van der Waals surface area contributed by atoms with Gasteiger partial charge in [0, 0.05) is 19.6 Å². The fourth-order valence-corrected chi connectivity index (χ4v) is 4.63. The molecule has 1 aliphatic rings. The molecule has 7 nitrogen and oxygen atoms in total. The Morgan fingerprint density at radius 1 is 1.27 bits per heavy atom. The average Bonchev–Trinajstić information content (AvgIpc) is 3.27. The first-order chi connectivity index (χ1) is 12.4. The van der Waals surface area contributed by atoms with Gasteiger partial charge in [-0.05, 0) is 43.6 Å². The number of imidazole rings is 1. The van der Waals surface area contributed by atoms with Crippen molar-refractivity contribution in [1.29, 1.82) is 0 Å². The molecule has 1 fully saturated rings. The maximum absolute atomic E-state index is 12.6. The van der Waals surface area contributed by atoms with Crippen LogP contribution in [-0.2, 0) is 17.1 Å². The maximum Gasteiger partial charge on any atom is 0.261 e. The zero-order chi connectivity index (χ0) is 18.7. The molecule has 1 aromatic carbocycles. The Hall–Kier alpha value is -1.61. The third-order valence-electron chi connectivity index (χ3n) is 4.64. The zero-order valence-electron chi connectivity index (χ0n) is 14.9. The Labute approximate surface area is 159 Å². The highest BCUT2D eigenvalue weighted by Gasteiger charge is 2.28. The highest BCUT2D eigenvalue weighted by molar-refractivity contribution is 7.89. The minimum Gasteiger partial charge on any atom is -0.497 e. The molecule has 1 N–H and O–H groups in total. The van der Waals surface area contributed by atoms with E-state index in [1.165, 1.54) is 10.9 Å². The van der Waals surface area contributed by atoms with E-state index in [0.29, 0.717) is 0 Å². The van der Waals surface area contributed by atoms with Crippen molar-refractivity contribution >= 4 is 21.6 Å². The molecule has 0 bridgehead atoms. The van der Waals surface area contributed by atoms with Crippen LogP contribution in [-0.4, -0.2) is 49.6 Å². The van der Waals surface area contributed by atoms with E-state index in [0.717, 1.165) is 37.2 Å². The first-order valence-corrected chi connectivity index (χ1v) is 10.3. The van der Waals surface area contributed by atoms with Gasteiger partial charge in [0.25, 0.3) is 10.0 Å². The SMILES string of the molecule is COc1ccc([C@H](CNS(=O)(=O)c2ncn(C)c2Cl)N2CCCC2)cc1. The van der Waals surface area contributed by atoms with Gasteiger partial charge < -0.3 is 9.30 Å². The fourth-order valence-electron chi connectivity index (χ4n) is 3.17. The predicted molar refractivity (Wildman–Crippen MR) is 99.9 cm³/mol. The van der Waals surface area contributed by atoms with Crippen LogP contribution >= 0.6 is 11.6 Å². The lowest BCUT2D eigenvalue weighted by Gasteiger charge is -2.28. The average molecular weight is 399 g/mol. The van der Waals surface area contributed by atoms with Crippen LogP contribution in [0.15, 0.2) is 35.6 Å². The number of aromatic nitrogens is 2. The van der Waals surface area contributed by atoms with Gasteiger partial charge in [-0.2, -0.15) is 0 Å². The number of nitrogens with zero attached hydrogens (tertiary/aromatic N) is 3. The highest BCUT2D eigenvalue weighted by Crippen LogP contribution is 2.27. The van der Waals surface area contributed by atoms with E-state index in [1.54, 1.807) is 14.2 Å². The minimum absolute atomic E-state index is 0.0549. The Bertz CT molecular complexity index is 845. The quantitative estimate of drug-likeness (QED) is 0.773. The molecule has 0 unspecified atom stereocenters. The van der Waals surface area contributed by atoms with Crippen molar-refractivity contribution in [3.05, 3.63) is 41.3 Å². The summed E-state index contributed by atoms with van der Waals surface area (Å²) in [4.78, 5) is 6.20. The van der Waals surface area contributed by atoms with Gasteiger partial charge in [-0.25, -0.2) is 18.1 Å².